The zero-order valence-electron chi connectivity index (χ0n) is 13.6. The monoisotopic (exact) mass is 359 g/mol. The van der Waals surface area contributed by atoms with Crippen molar-refractivity contribution in [3.05, 3.63) is 17.4 Å². The number of amides is 1. The molecule has 0 unspecified atom stereocenters. The van der Waals surface area contributed by atoms with Crippen LogP contribution in [0.5, 0.6) is 0 Å². The molecule has 6 nitrogen and oxygen atoms in total. The Hall–Kier alpha value is -1.21. The molecule has 2 heterocycles. The second-order valence-corrected chi connectivity index (χ2v) is 8.35. The summed E-state index contributed by atoms with van der Waals surface area (Å²) < 4.78 is 17.9. The minimum Gasteiger partial charge on any atom is -0.444 e. The molecule has 0 saturated carbocycles. The average molecular weight is 360 g/mol. The predicted molar refractivity (Wildman–Crippen MR) is 88.9 cm³/mol. The highest BCUT2D eigenvalue weighted by Gasteiger charge is 2.32. The first-order valence-corrected chi connectivity index (χ1v) is 9.31. The van der Waals surface area contributed by atoms with Crippen molar-refractivity contribution in [1.29, 1.82) is 0 Å². The minimum absolute atomic E-state index is 0.126. The van der Waals surface area contributed by atoms with Gasteiger partial charge in [-0.1, -0.05) is 11.6 Å². The molecule has 0 spiro atoms. The van der Waals surface area contributed by atoms with Crippen molar-refractivity contribution in [2.24, 2.45) is 0 Å². The maximum atomic E-state index is 12.4. The molecule has 0 N–H and O–H groups in total. The molecule has 2 atom stereocenters. The van der Waals surface area contributed by atoms with Crippen LogP contribution in [0.15, 0.2) is 17.6 Å². The molecule has 0 bridgehead atoms. The lowest BCUT2D eigenvalue weighted by molar-refractivity contribution is 0.0125. The van der Waals surface area contributed by atoms with Gasteiger partial charge in [0, 0.05) is 12.6 Å². The molecule has 8 heteroatoms. The van der Waals surface area contributed by atoms with Gasteiger partial charge in [-0.2, -0.15) is 0 Å². The first kappa shape index (κ1) is 18.1. The normalized spacial score (nSPS) is 20.2. The standard InChI is InChI=1S/C15H22ClN3O3S/c1-15(2,3)22-14(20)19-7-5-4-6-12(19)10-23(21)13-17-8-11(16)9-18-13/h8-9,12H,4-7,10H2,1-3H3/t12-,23+/m1/s1. The quantitative estimate of drug-likeness (QED) is 0.775. The van der Waals surface area contributed by atoms with E-state index in [9.17, 15) is 9.00 Å². The Morgan fingerprint density at radius 3 is 2.65 bits per heavy atom. The fraction of sp³-hybridized carbons (Fsp3) is 0.667. The molecule has 128 valence electrons. The van der Waals surface area contributed by atoms with E-state index in [1.165, 1.54) is 12.4 Å². The topological polar surface area (TPSA) is 72.4 Å². The van der Waals surface area contributed by atoms with Crippen molar-refractivity contribution < 1.29 is 13.7 Å². The van der Waals surface area contributed by atoms with E-state index in [1.54, 1.807) is 4.90 Å². The summed E-state index contributed by atoms with van der Waals surface area (Å²) in [5.41, 5.74) is -0.544. The van der Waals surface area contributed by atoms with E-state index < -0.39 is 16.4 Å². The van der Waals surface area contributed by atoms with E-state index in [1.807, 2.05) is 20.8 Å². The highest BCUT2D eigenvalue weighted by Crippen LogP contribution is 2.22. The van der Waals surface area contributed by atoms with Gasteiger partial charge in [-0.05, 0) is 40.0 Å². The van der Waals surface area contributed by atoms with E-state index >= 15 is 0 Å². The third kappa shape index (κ3) is 5.42. The lowest BCUT2D eigenvalue weighted by Gasteiger charge is -2.36. The number of piperidine rings is 1. The number of carbonyl (C=O) groups excluding carboxylic acids is 1. The molecule has 1 aliphatic heterocycles. The Labute approximate surface area is 144 Å². The van der Waals surface area contributed by atoms with E-state index in [0.717, 1.165) is 19.3 Å². The fourth-order valence-corrected chi connectivity index (χ4v) is 3.69. The third-order valence-electron chi connectivity index (χ3n) is 3.40. The van der Waals surface area contributed by atoms with Gasteiger partial charge in [-0.15, -0.1) is 0 Å². The summed E-state index contributed by atoms with van der Waals surface area (Å²) in [7, 11) is -1.38. The number of hydrogen-bond acceptors (Lipinski definition) is 5. The predicted octanol–water partition coefficient (Wildman–Crippen LogP) is 3.03. The van der Waals surface area contributed by atoms with Crippen LogP contribution in [0.4, 0.5) is 4.79 Å². The maximum absolute atomic E-state index is 12.4. The number of carbonyl (C=O) groups is 1. The van der Waals surface area contributed by atoms with Crippen LogP contribution in [-0.4, -0.2) is 49.1 Å². The molecule has 1 aliphatic rings. The summed E-state index contributed by atoms with van der Waals surface area (Å²) >= 11 is 5.74. The Balaban J connectivity index is 2.04. The van der Waals surface area contributed by atoms with E-state index in [0.29, 0.717) is 17.3 Å². The molecule has 2 rings (SSSR count). The van der Waals surface area contributed by atoms with Crippen LogP contribution in [0.1, 0.15) is 40.0 Å². The Morgan fingerprint density at radius 2 is 2.04 bits per heavy atom. The van der Waals surface area contributed by atoms with Crippen LogP contribution in [0.2, 0.25) is 5.02 Å². The molecule has 0 aliphatic carbocycles. The van der Waals surface area contributed by atoms with Crippen LogP contribution in [0, 0.1) is 0 Å². The van der Waals surface area contributed by atoms with Crippen LogP contribution in [0.3, 0.4) is 0 Å². The van der Waals surface area contributed by atoms with Gasteiger partial charge in [0.15, 0.2) is 0 Å². The molecule has 23 heavy (non-hydrogen) atoms. The lowest BCUT2D eigenvalue weighted by Crippen LogP contribution is -2.48. The number of hydrogen-bond donors (Lipinski definition) is 0. The molecule has 1 fully saturated rings. The highest BCUT2D eigenvalue weighted by atomic mass is 35.5. The number of likely N-dealkylation sites (tertiary alicyclic amines) is 1. The van der Waals surface area contributed by atoms with Crippen molar-refractivity contribution in [3.8, 4) is 0 Å². The van der Waals surface area contributed by atoms with Crippen molar-refractivity contribution in [1.82, 2.24) is 14.9 Å². The number of nitrogens with zero attached hydrogens (tertiary/aromatic N) is 3. The molecule has 1 saturated heterocycles. The van der Waals surface area contributed by atoms with Crippen molar-refractivity contribution in [2.75, 3.05) is 12.3 Å². The van der Waals surface area contributed by atoms with Crippen LogP contribution in [0.25, 0.3) is 0 Å². The fourth-order valence-electron chi connectivity index (χ4n) is 2.40. The van der Waals surface area contributed by atoms with Gasteiger partial charge in [0.2, 0.25) is 5.16 Å². The molecular weight excluding hydrogens is 338 g/mol. The third-order valence-corrected chi connectivity index (χ3v) is 4.90. The second kappa shape index (κ2) is 7.57. The van der Waals surface area contributed by atoms with Crippen LogP contribution < -0.4 is 0 Å². The number of aromatic nitrogens is 2. The lowest BCUT2D eigenvalue weighted by atomic mass is 10.0. The van der Waals surface area contributed by atoms with Gasteiger partial charge < -0.3 is 9.64 Å². The Bertz CT molecular complexity index is 574. The van der Waals surface area contributed by atoms with Crippen LogP contribution in [-0.2, 0) is 15.5 Å². The highest BCUT2D eigenvalue weighted by molar-refractivity contribution is 7.84. The molecular formula is C15H22ClN3O3S. The van der Waals surface area contributed by atoms with Crippen molar-refractivity contribution >= 4 is 28.5 Å². The second-order valence-electron chi connectivity index (χ2n) is 6.52. The van der Waals surface area contributed by atoms with E-state index in [-0.39, 0.29) is 17.3 Å². The first-order chi connectivity index (χ1) is 10.8. The van der Waals surface area contributed by atoms with Gasteiger partial charge in [-0.25, -0.2) is 14.8 Å². The maximum Gasteiger partial charge on any atom is 0.410 e. The van der Waals surface area contributed by atoms with Gasteiger partial charge >= 0.3 is 6.09 Å². The smallest absolute Gasteiger partial charge is 0.410 e. The summed E-state index contributed by atoms with van der Waals surface area (Å²) in [4.78, 5) is 22.0. The molecule has 1 amide bonds. The van der Waals surface area contributed by atoms with Crippen molar-refractivity contribution in [3.63, 3.8) is 0 Å². The summed E-state index contributed by atoms with van der Waals surface area (Å²) in [6.07, 6.45) is 5.24. The zero-order valence-corrected chi connectivity index (χ0v) is 15.2. The largest absolute Gasteiger partial charge is 0.444 e. The summed E-state index contributed by atoms with van der Waals surface area (Å²) in [5, 5.41) is 0.642. The van der Waals surface area contributed by atoms with Gasteiger partial charge in [0.25, 0.3) is 0 Å². The first-order valence-electron chi connectivity index (χ1n) is 7.62. The van der Waals surface area contributed by atoms with Crippen molar-refractivity contribution in [2.45, 2.75) is 56.8 Å². The Kier molecular flexibility index (Phi) is 5.97. The van der Waals surface area contributed by atoms with Gasteiger partial charge in [-0.3, -0.25) is 4.21 Å². The Morgan fingerprint density at radius 1 is 1.39 bits per heavy atom. The van der Waals surface area contributed by atoms with Crippen LogP contribution >= 0.6 is 11.6 Å². The number of halogens is 1. The van der Waals surface area contributed by atoms with E-state index in [2.05, 4.69) is 9.97 Å². The van der Waals surface area contributed by atoms with Gasteiger partial charge in [0.05, 0.1) is 34.0 Å². The SMILES string of the molecule is CC(C)(C)OC(=O)N1CCCC[C@@H]1C[S@](=O)c1ncc(Cl)cn1. The summed E-state index contributed by atoms with van der Waals surface area (Å²) in [6.45, 7) is 6.13. The molecule has 0 aromatic carbocycles. The number of ether oxygens (including phenoxy) is 1. The van der Waals surface area contributed by atoms with E-state index in [4.69, 9.17) is 16.3 Å². The molecule has 1 aromatic heterocycles. The summed E-state index contributed by atoms with van der Waals surface area (Å²) in [6, 6.07) is -0.126. The minimum atomic E-state index is -1.38. The van der Waals surface area contributed by atoms with Gasteiger partial charge in [0.1, 0.15) is 5.60 Å². The molecule has 1 aromatic rings. The summed E-state index contributed by atoms with van der Waals surface area (Å²) in [5.74, 6) is 0.306. The molecule has 0 radical (unpaired) electrons. The zero-order chi connectivity index (χ0) is 17.0. The average Bonchev–Trinajstić information content (AvgIpc) is 2.46. The number of rotatable bonds is 3.